The standard InChI is InChI=1S/C14H7ClF3NO2S/c15-9-5-7(14(16,17)18)1-3-11(9)20-8-2-4-12-10(6-8)19-13(22)21-12/h1-6H,(H,19,22). The molecule has 0 amide bonds. The van der Waals surface area contributed by atoms with Crippen molar-refractivity contribution in [3.8, 4) is 11.5 Å². The highest BCUT2D eigenvalue weighted by atomic mass is 35.5. The summed E-state index contributed by atoms with van der Waals surface area (Å²) in [7, 11) is 0. The first-order chi connectivity index (χ1) is 10.3. The van der Waals surface area contributed by atoms with E-state index in [2.05, 4.69) is 4.98 Å². The first-order valence-electron chi connectivity index (χ1n) is 6.00. The van der Waals surface area contributed by atoms with Crippen molar-refractivity contribution >= 4 is 34.9 Å². The number of fused-ring (bicyclic) bond motifs is 1. The van der Waals surface area contributed by atoms with Crippen molar-refractivity contribution in [2.45, 2.75) is 6.18 Å². The van der Waals surface area contributed by atoms with Crippen LogP contribution in [0, 0.1) is 4.84 Å². The molecule has 1 aromatic heterocycles. The van der Waals surface area contributed by atoms with Gasteiger partial charge in [-0.1, -0.05) is 11.6 Å². The Hall–Kier alpha value is -1.99. The Kier molecular flexibility index (Phi) is 3.62. The molecule has 0 aliphatic rings. The van der Waals surface area contributed by atoms with Crippen molar-refractivity contribution in [1.82, 2.24) is 4.98 Å². The number of halogens is 4. The molecule has 0 bridgehead atoms. The molecule has 0 saturated heterocycles. The van der Waals surface area contributed by atoms with E-state index in [0.29, 0.717) is 16.8 Å². The van der Waals surface area contributed by atoms with Crippen LogP contribution in [0.1, 0.15) is 5.56 Å². The van der Waals surface area contributed by atoms with E-state index in [4.69, 9.17) is 33.0 Å². The van der Waals surface area contributed by atoms with Crippen molar-refractivity contribution in [2.75, 3.05) is 0 Å². The lowest BCUT2D eigenvalue weighted by atomic mass is 10.2. The Labute approximate surface area is 132 Å². The third kappa shape index (κ3) is 2.95. The molecule has 114 valence electrons. The summed E-state index contributed by atoms with van der Waals surface area (Å²) in [6.45, 7) is 0. The van der Waals surface area contributed by atoms with Crippen LogP contribution >= 0.6 is 23.8 Å². The van der Waals surface area contributed by atoms with Gasteiger partial charge >= 0.3 is 6.18 Å². The van der Waals surface area contributed by atoms with Crippen LogP contribution in [-0.2, 0) is 6.18 Å². The smallest absolute Gasteiger partial charge is 0.416 e. The van der Waals surface area contributed by atoms with Gasteiger partial charge in [-0.05, 0) is 42.5 Å². The second-order valence-electron chi connectivity index (χ2n) is 4.42. The SMILES string of the molecule is FC(F)(F)c1ccc(Oc2ccc3oc(=S)[nH]c3c2)c(Cl)c1. The molecule has 0 atom stereocenters. The Bertz CT molecular complexity index is 901. The maximum absolute atomic E-state index is 12.6. The van der Waals surface area contributed by atoms with Gasteiger partial charge in [0.15, 0.2) is 5.58 Å². The van der Waals surface area contributed by atoms with Crippen LogP contribution in [0.5, 0.6) is 11.5 Å². The minimum absolute atomic E-state index is 0.121. The van der Waals surface area contributed by atoms with Gasteiger partial charge in [0.05, 0.1) is 16.1 Å². The zero-order valence-electron chi connectivity index (χ0n) is 10.7. The molecule has 2 aromatic carbocycles. The molecule has 3 rings (SSSR count). The van der Waals surface area contributed by atoms with Gasteiger partial charge in [0, 0.05) is 6.07 Å². The summed E-state index contributed by atoms with van der Waals surface area (Å²) in [5, 5.41) is -0.130. The van der Waals surface area contributed by atoms with E-state index in [-0.39, 0.29) is 15.6 Å². The lowest BCUT2D eigenvalue weighted by Crippen LogP contribution is -2.04. The summed E-state index contributed by atoms with van der Waals surface area (Å²) in [4.78, 5) is 3.04. The third-order valence-corrected chi connectivity index (χ3v) is 3.36. The number of benzene rings is 2. The number of hydrogen-bond acceptors (Lipinski definition) is 3. The van der Waals surface area contributed by atoms with E-state index >= 15 is 0 Å². The highest BCUT2D eigenvalue weighted by Crippen LogP contribution is 2.36. The fraction of sp³-hybridized carbons (Fsp3) is 0.0714. The first kappa shape index (κ1) is 14.9. The fourth-order valence-corrected chi connectivity index (χ4v) is 2.30. The molecule has 0 aliphatic heterocycles. The van der Waals surface area contributed by atoms with Crippen molar-refractivity contribution in [2.24, 2.45) is 0 Å². The van der Waals surface area contributed by atoms with Crippen LogP contribution < -0.4 is 4.74 Å². The summed E-state index contributed by atoms with van der Waals surface area (Å²) >= 11 is 10.7. The molecule has 22 heavy (non-hydrogen) atoms. The van der Waals surface area contributed by atoms with Crippen LogP contribution in [0.25, 0.3) is 11.1 Å². The average molecular weight is 346 g/mol. The van der Waals surface area contributed by atoms with E-state index in [1.807, 2.05) is 0 Å². The van der Waals surface area contributed by atoms with Gasteiger partial charge in [0.1, 0.15) is 11.5 Å². The average Bonchev–Trinajstić information content (AvgIpc) is 2.79. The van der Waals surface area contributed by atoms with Crippen LogP contribution in [0.2, 0.25) is 5.02 Å². The second-order valence-corrected chi connectivity index (χ2v) is 5.20. The normalized spacial score (nSPS) is 11.8. The molecule has 0 fully saturated rings. The zero-order chi connectivity index (χ0) is 15.9. The molecule has 1 heterocycles. The molecule has 3 nitrogen and oxygen atoms in total. The van der Waals surface area contributed by atoms with Crippen LogP contribution in [-0.4, -0.2) is 4.98 Å². The van der Waals surface area contributed by atoms with Gasteiger partial charge in [-0.25, -0.2) is 0 Å². The minimum Gasteiger partial charge on any atom is -0.456 e. The highest BCUT2D eigenvalue weighted by molar-refractivity contribution is 7.71. The van der Waals surface area contributed by atoms with E-state index in [1.165, 1.54) is 6.07 Å². The molecule has 0 saturated carbocycles. The monoisotopic (exact) mass is 345 g/mol. The summed E-state index contributed by atoms with van der Waals surface area (Å²) < 4.78 is 48.4. The van der Waals surface area contributed by atoms with E-state index in [1.54, 1.807) is 18.2 Å². The number of oxazole rings is 1. The largest absolute Gasteiger partial charge is 0.456 e. The van der Waals surface area contributed by atoms with Crippen molar-refractivity contribution in [3.63, 3.8) is 0 Å². The highest BCUT2D eigenvalue weighted by Gasteiger charge is 2.31. The Morgan fingerprint density at radius 2 is 1.91 bits per heavy atom. The van der Waals surface area contributed by atoms with Crippen molar-refractivity contribution < 1.29 is 22.3 Å². The van der Waals surface area contributed by atoms with Gasteiger partial charge < -0.3 is 14.1 Å². The lowest BCUT2D eigenvalue weighted by molar-refractivity contribution is -0.137. The number of rotatable bonds is 2. The van der Waals surface area contributed by atoms with E-state index < -0.39 is 11.7 Å². The van der Waals surface area contributed by atoms with Gasteiger partial charge in [-0.3, -0.25) is 0 Å². The second kappa shape index (κ2) is 5.33. The predicted octanol–water partition coefficient (Wildman–Crippen LogP) is 5.95. The predicted molar refractivity (Wildman–Crippen MR) is 77.9 cm³/mol. The van der Waals surface area contributed by atoms with Gasteiger partial charge in [-0.2, -0.15) is 13.2 Å². The third-order valence-electron chi connectivity index (χ3n) is 2.88. The van der Waals surface area contributed by atoms with E-state index in [9.17, 15) is 13.2 Å². The lowest BCUT2D eigenvalue weighted by Gasteiger charge is -2.11. The summed E-state index contributed by atoms with van der Waals surface area (Å²) in [5.41, 5.74) is 0.334. The molecular formula is C14H7ClF3NO2S. The molecule has 0 spiro atoms. The van der Waals surface area contributed by atoms with Gasteiger partial charge in [0.25, 0.3) is 4.84 Å². The minimum atomic E-state index is -4.45. The van der Waals surface area contributed by atoms with Crippen molar-refractivity contribution in [3.05, 3.63) is 51.8 Å². The number of aromatic amines is 1. The number of H-pyrrole nitrogens is 1. The quantitative estimate of drug-likeness (QED) is 0.583. The van der Waals surface area contributed by atoms with E-state index in [0.717, 1.165) is 12.1 Å². The van der Waals surface area contributed by atoms with Crippen LogP contribution in [0.15, 0.2) is 40.8 Å². The molecule has 0 radical (unpaired) electrons. The van der Waals surface area contributed by atoms with Crippen LogP contribution in [0.4, 0.5) is 13.2 Å². The first-order valence-corrected chi connectivity index (χ1v) is 6.79. The Balaban J connectivity index is 1.92. The topological polar surface area (TPSA) is 38.2 Å². The fourth-order valence-electron chi connectivity index (χ4n) is 1.88. The number of hydrogen-bond donors (Lipinski definition) is 1. The van der Waals surface area contributed by atoms with Gasteiger partial charge in [-0.15, -0.1) is 0 Å². The summed E-state index contributed by atoms with van der Waals surface area (Å²) in [5.74, 6) is 0.511. The summed E-state index contributed by atoms with van der Waals surface area (Å²) in [6.07, 6.45) is -4.45. The molecular weight excluding hydrogens is 339 g/mol. The molecule has 8 heteroatoms. The number of aromatic nitrogens is 1. The summed E-state index contributed by atoms with van der Waals surface area (Å²) in [6, 6.07) is 7.75. The maximum atomic E-state index is 12.6. The maximum Gasteiger partial charge on any atom is 0.416 e. The zero-order valence-corrected chi connectivity index (χ0v) is 12.3. The Morgan fingerprint density at radius 1 is 1.14 bits per heavy atom. The van der Waals surface area contributed by atoms with Crippen molar-refractivity contribution in [1.29, 1.82) is 0 Å². The van der Waals surface area contributed by atoms with Crippen LogP contribution in [0.3, 0.4) is 0 Å². The van der Waals surface area contributed by atoms with Gasteiger partial charge in [0.2, 0.25) is 0 Å². The molecule has 0 aliphatic carbocycles. The molecule has 3 aromatic rings. The number of alkyl halides is 3. The Morgan fingerprint density at radius 3 is 2.59 bits per heavy atom. The molecule has 0 unspecified atom stereocenters. The number of ether oxygens (including phenoxy) is 1. The molecule has 1 N–H and O–H groups in total. The number of nitrogens with one attached hydrogen (secondary N) is 1.